The van der Waals surface area contributed by atoms with Gasteiger partial charge >= 0.3 is 12.2 Å². The molecule has 46 heavy (non-hydrogen) atoms. The Kier molecular flexibility index (Phi) is 9.02. The molecule has 1 saturated carbocycles. The van der Waals surface area contributed by atoms with Crippen LogP contribution < -0.4 is 15.4 Å². The van der Waals surface area contributed by atoms with Crippen LogP contribution in [0, 0.1) is 5.82 Å². The van der Waals surface area contributed by atoms with Gasteiger partial charge in [-0.2, -0.15) is 0 Å². The molecule has 2 aromatic heterocycles. The molecule has 1 aromatic carbocycles. The fourth-order valence-corrected chi connectivity index (χ4v) is 6.23. The lowest BCUT2D eigenvalue weighted by atomic mass is 9.69. The summed E-state index contributed by atoms with van der Waals surface area (Å²) in [7, 11) is 0. The number of nitrogens with zero attached hydrogens (tertiary/aromatic N) is 2. The van der Waals surface area contributed by atoms with Crippen molar-refractivity contribution in [2.45, 2.75) is 94.8 Å². The van der Waals surface area contributed by atoms with Crippen LogP contribution in [0.4, 0.5) is 14.0 Å². The van der Waals surface area contributed by atoms with Crippen molar-refractivity contribution in [3.8, 4) is 5.88 Å². The van der Waals surface area contributed by atoms with Crippen LogP contribution in [0.1, 0.15) is 64.0 Å². The van der Waals surface area contributed by atoms with Crippen molar-refractivity contribution in [1.29, 1.82) is 0 Å². The predicted molar refractivity (Wildman–Crippen MR) is 166 cm³/mol. The van der Waals surface area contributed by atoms with Crippen molar-refractivity contribution >= 4 is 23.2 Å². The van der Waals surface area contributed by atoms with Gasteiger partial charge in [0.05, 0.1) is 47.6 Å². The molecule has 2 N–H and O–H groups in total. The third kappa shape index (κ3) is 7.50. The molecule has 5 heterocycles. The van der Waals surface area contributed by atoms with Gasteiger partial charge in [0.25, 0.3) is 0 Å². The zero-order valence-electron chi connectivity index (χ0n) is 26.5. The van der Waals surface area contributed by atoms with Gasteiger partial charge in [-0.05, 0) is 70.9 Å². The Morgan fingerprint density at radius 1 is 1.07 bits per heavy atom. The van der Waals surface area contributed by atoms with Crippen LogP contribution in [-0.4, -0.2) is 70.9 Å². The molecule has 11 nitrogen and oxygen atoms in total. The van der Waals surface area contributed by atoms with Crippen molar-refractivity contribution in [2.75, 3.05) is 19.8 Å². The number of pyridine rings is 2. The summed E-state index contributed by atoms with van der Waals surface area (Å²) in [6, 6.07) is 12.6. The van der Waals surface area contributed by atoms with Crippen LogP contribution in [0.2, 0.25) is 0 Å². The minimum Gasteiger partial charge on any atom is -0.475 e. The summed E-state index contributed by atoms with van der Waals surface area (Å²) in [6.07, 6.45) is 3.97. The predicted octanol–water partition coefficient (Wildman–Crippen LogP) is 5.38. The number of fused-ring (bicyclic) bond motifs is 4. The van der Waals surface area contributed by atoms with E-state index in [1.165, 1.54) is 6.20 Å². The van der Waals surface area contributed by atoms with E-state index in [0.717, 1.165) is 31.2 Å². The van der Waals surface area contributed by atoms with Gasteiger partial charge in [-0.15, -0.1) is 0 Å². The average Bonchev–Trinajstić information content (AvgIpc) is 3.02. The number of carbonyl (C=O) groups is 2. The highest BCUT2D eigenvalue weighted by molar-refractivity contribution is 5.78. The number of alkyl carbamates (subject to hydrolysis) is 2. The monoisotopic (exact) mass is 636 g/mol. The number of aromatic nitrogens is 2. The molecule has 246 valence electrons. The van der Waals surface area contributed by atoms with E-state index >= 15 is 4.39 Å². The smallest absolute Gasteiger partial charge is 0.408 e. The van der Waals surface area contributed by atoms with E-state index < -0.39 is 29.1 Å². The number of nitrogens with one attached hydrogen (secondary N) is 2. The quantitative estimate of drug-likeness (QED) is 0.301. The first kappa shape index (κ1) is 31.9. The topological polar surface area (TPSA) is 130 Å². The summed E-state index contributed by atoms with van der Waals surface area (Å²) in [6.45, 7) is 6.58. The lowest BCUT2D eigenvalue weighted by Crippen LogP contribution is -2.63. The van der Waals surface area contributed by atoms with Gasteiger partial charge in [-0.1, -0.05) is 30.3 Å². The number of carbonyl (C=O) groups excluding carboxylic acids is 2. The molecule has 2 atom stereocenters. The Morgan fingerprint density at radius 2 is 1.85 bits per heavy atom. The third-order valence-electron chi connectivity index (χ3n) is 8.96. The van der Waals surface area contributed by atoms with Crippen molar-refractivity contribution in [3.05, 3.63) is 65.6 Å². The van der Waals surface area contributed by atoms with Crippen LogP contribution in [-0.2, 0) is 32.0 Å². The SMILES string of the molecule is CC(C)(C)OC(=O)NC12CCC(CCc3c(F)cnc4ccc(OC[C@H]5OC[C@@H]5NC(=O)OCc5ccccc5)nc34)(CC1)OC2. The molecule has 0 radical (unpaired) electrons. The van der Waals surface area contributed by atoms with Crippen LogP contribution in [0.5, 0.6) is 5.88 Å². The van der Waals surface area contributed by atoms with E-state index in [-0.39, 0.29) is 31.0 Å². The number of aryl methyl sites for hydroxylation is 1. The highest BCUT2D eigenvalue weighted by Gasteiger charge is 2.50. The van der Waals surface area contributed by atoms with Gasteiger partial charge in [-0.3, -0.25) is 4.98 Å². The second kappa shape index (κ2) is 13.0. The standard InChI is InChI=1S/C34H41FN4O7/c1-32(2,3)46-31(41)39-33-13-15-34(16-14-33,45-21-33)12-11-23-24(35)17-36-25-9-10-28(38-29(23)25)43-20-27-26(19-42-27)37-30(40)44-18-22-7-5-4-6-8-22/h4-10,17,26-27H,11-16,18-21H2,1-3H3,(H,37,40)(H,39,41)/t26-,27+,33?,34?/m0/s1. The first-order valence-corrected chi connectivity index (χ1v) is 15.8. The van der Waals surface area contributed by atoms with Gasteiger partial charge < -0.3 is 34.3 Å². The van der Waals surface area contributed by atoms with E-state index in [1.54, 1.807) is 12.1 Å². The summed E-state index contributed by atoms with van der Waals surface area (Å²) >= 11 is 0. The second-order valence-electron chi connectivity index (χ2n) is 13.5. The first-order chi connectivity index (χ1) is 22.0. The highest BCUT2D eigenvalue weighted by Crippen LogP contribution is 2.46. The summed E-state index contributed by atoms with van der Waals surface area (Å²) in [5, 5.41) is 5.86. The van der Waals surface area contributed by atoms with Gasteiger partial charge in [0.2, 0.25) is 5.88 Å². The fourth-order valence-electron chi connectivity index (χ4n) is 6.23. The highest BCUT2D eigenvalue weighted by atomic mass is 19.1. The van der Waals surface area contributed by atoms with Crippen LogP contribution >= 0.6 is 0 Å². The van der Waals surface area contributed by atoms with Crippen LogP contribution in [0.15, 0.2) is 48.7 Å². The van der Waals surface area contributed by atoms with Gasteiger partial charge in [0, 0.05) is 11.6 Å². The summed E-state index contributed by atoms with van der Waals surface area (Å²) < 4.78 is 43.8. The largest absolute Gasteiger partial charge is 0.475 e. The lowest BCUT2D eigenvalue weighted by Gasteiger charge is -2.53. The lowest BCUT2D eigenvalue weighted by molar-refractivity contribution is -0.163. The molecule has 4 aliphatic rings. The Hall–Kier alpha value is -4.03. The van der Waals surface area contributed by atoms with E-state index in [2.05, 4.69) is 20.6 Å². The molecule has 4 fully saturated rings. The van der Waals surface area contributed by atoms with Gasteiger partial charge in [0.15, 0.2) is 0 Å². The normalized spacial score (nSPS) is 25.4. The zero-order valence-corrected chi connectivity index (χ0v) is 26.5. The maximum Gasteiger partial charge on any atom is 0.408 e. The fraction of sp³-hybridized carbons (Fsp3) is 0.529. The minimum atomic E-state index is -0.575. The first-order valence-electron chi connectivity index (χ1n) is 15.8. The number of hydrogen-bond acceptors (Lipinski definition) is 9. The molecule has 7 rings (SSSR count). The van der Waals surface area contributed by atoms with Crippen LogP contribution in [0.25, 0.3) is 11.0 Å². The van der Waals surface area contributed by atoms with Crippen molar-refractivity contribution in [3.63, 3.8) is 0 Å². The molecule has 3 aliphatic heterocycles. The second-order valence-corrected chi connectivity index (χ2v) is 13.5. The molecular weight excluding hydrogens is 595 g/mol. The summed E-state index contributed by atoms with van der Waals surface area (Å²) in [5.41, 5.74) is 0.963. The molecule has 1 aliphatic carbocycles. The van der Waals surface area contributed by atoms with Gasteiger partial charge in [0.1, 0.15) is 30.7 Å². The van der Waals surface area contributed by atoms with E-state index in [1.807, 2.05) is 51.1 Å². The average molecular weight is 637 g/mol. The zero-order chi connectivity index (χ0) is 32.4. The maximum atomic E-state index is 15.2. The number of amides is 2. The summed E-state index contributed by atoms with van der Waals surface area (Å²) in [4.78, 5) is 33.5. The Morgan fingerprint density at radius 3 is 2.52 bits per heavy atom. The number of ether oxygens (including phenoxy) is 5. The Bertz CT molecular complexity index is 1540. The number of benzene rings is 1. The number of halogens is 1. The Balaban J connectivity index is 1.03. The molecule has 0 unspecified atom stereocenters. The molecule has 0 spiro atoms. The molecule has 2 amide bonds. The van der Waals surface area contributed by atoms with Crippen molar-refractivity contribution in [1.82, 2.24) is 20.6 Å². The van der Waals surface area contributed by atoms with E-state index in [9.17, 15) is 9.59 Å². The third-order valence-corrected chi connectivity index (χ3v) is 8.96. The van der Waals surface area contributed by atoms with Gasteiger partial charge in [-0.25, -0.2) is 19.0 Å². The van der Waals surface area contributed by atoms with E-state index in [0.29, 0.717) is 48.5 Å². The molecule has 3 aromatic rings. The Labute approximate surface area is 267 Å². The minimum absolute atomic E-state index is 0.149. The van der Waals surface area contributed by atoms with E-state index in [4.69, 9.17) is 23.7 Å². The van der Waals surface area contributed by atoms with Crippen molar-refractivity contribution in [2.24, 2.45) is 0 Å². The molecule has 2 bridgehead atoms. The molecule has 3 saturated heterocycles. The molecule has 12 heteroatoms. The molecular formula is C34H41FN4O7. The summed E-state index contributed by atoms with van der Waals surface area (Å²) in [5.74, 6) is -0.119. The number of rotatable bonds is 10. The maximum absolute atomic E-state index is 15.2. The van der Waals surface area contributed by atoms with Crippen LogP contribution in [0.3, 0.4) is 0 Å². The number of hydrogen-bond donors (Lipinski definition) is 2. The van der Waals surface area contributed by atoms with Crippen molar-refractivity contribution < 1.29 is 37.7 Å².